The normalized spacial score (nSPS) is 25.0. The molecule has 1 rings (SSSR count). The van der Waals surface area contributed by atoms with Crippen LogP contribution >= 0.6 is 11.8 Å². The summed E-state index contributed by atoms with van der Waals surface area (Å²) in [4.78, 5) is 10.8. The summed E-state index contributed by atoms with van der Waals surface area (Å²) >= 11 is 1.61. The summed E-state index contributed by atoms with van der Waals surface area (Å²) in [6, 6.07) is 0. The van der Waals surface area contributed by atoms with Gasteiger partial charge < -0.3 is 4.79 Å². The van der Waals surface area contributed by atoms with Crippen LogP contribution in [0.1, 0.15) is 33.6 Å². The van der Waals surface area contributed by atoms with Crippen molar-refractivity contribution in [3.05, 3.63) is 23.8 Å². The molecule has 90 valence electrons. The molecule has 0 aromatic rings. The molecule has 0 aliphatic heterocycles. The Hall–Kier alpha value is -0.500. The highest BCUT2D eigenvalue weighted by Crippen LogP contribution is 2.47. The van der Waals surface area contributed by atoms with E-state index in [2.05, 4.69) is 33.4 Å². The minimum Gasteiger partial charge on any atom is -0.302 e. The Bertz CT molecular complexity index is 315. The Labute approximate surface area is 103 Å². The fourth-order valence-corrected chi connectivity index (χ4v) is 2.88. The van der Waals surface area contributed by atoms with Crippen LogP contribution in [0.2, 0.25) is 0 Å². The van der Waals surface area contributed by atoms with Crippen LogP contribution in [-0.2, 0) is 4.79 Å². The van der Waals surface area contributed by atoms with Crippen molar-refractivity contribution in [1.82, 2.24) is 0 Å². The van der Waals surface area contributed by atoms with Crippen molar-refractivity contribution in [2.24, 2.45) is 11.3 Å². The second-order valence-electron chi connectivity index (χ2n) is 5.17. The summed E-state index contributed by atoms with van der Waals surface area (Å²) in [6.45, 7) is 10.9. The van der Waals surface area contributed by atoms with E-state index < -0.39 is 0 Å². The van der Waals surface area contributed by atoms with E-state index in [4.69, 9.17) is 0 Å². The molecule has 2 heteroatoms. The first-order chi connectivity index (χ1) is 7.43. The number of carbonyl (C=O) groups is 1. The first-order valence-electron chi connectivity index (χ1n) is 5.76. The van der Waals surface area contributed by atoms with Gasteiger partial charge in [-0.15, -0.1) is 0 Å². The van der Waals surface area contributed by atoms with Crippen LogP contribution in [0.5, 0.6) is 0 Å². The summed E-state index contributed by atoms with van der Waals surface area (Å²) < 4.78 is 0. The first kappa shape index (κ1) is 13.6. The highest BCUT2D eigenvalue weighted by atomic mass is 32.2. The van der Waals surface area contributed by atoms with Gasteiger partial charge >= 0.3 is 0 Å². The van der Waals surface area contributed by atoms with Gasteiger partial charge in [0, 0.05) is 0 Å². The molecule has 0 saturated carbocycles. The molecule has 0 heterocycles. The molecule has 1 aliphatic rings. The Kier molecular flexibility index (Phi) is 4.43. The smallest absolute Gasteiger partial charge is 0.133 e. The molecule has 2 atom stereocenters. The van der Waals surface area contributed by atoms with Gasteiger partial charge in [0.2, 0.25) is 0 Å². The molecule has 0 N–H and O–H groups in total. The molecule has 16 heavy (non-hydrogen) atoms. The van der Waals surface area contributed by atoms with Gasteiger partial charge in [-0.2, -0.15) is 11.8 Å². The minimum absolute atomic E-state index is 0.0733. The lowest BCUT2D eigenvalue weighted by Gasteiger charge is -2.32. The molecule has 1 aliphatic carbocycles. The van der Waals surface area contributed by atoms with Gasteiger partial charge in [-0.05, 0) is 37.4 Å². The van der Waals surface area contributed by atoms with Crippen LogP contribution in [0.25, 0.3) is 0 Å². The standard InChI is InChI=1S/C14H22OS/c1-10(8-12(9-15)16-5)13-7-6-11(2)14(13,3)4/h6,9,12-13H,1,7-8H2,2-5H3. The van der Waals surface area contributed by atoms with E-state index in [0.717, 1.165) is 19.1 Å². The summed E-state index contributed by atoms with van der Waals surface area (Å²) in [6.07, 6.45) is 7.23. The summed E-state index contributed by atoms with van der Waals surface area (Å²) in [7, 11) is 0. The molecule has 0 aromatic heterocycles. The zero-order valence-electron chi connectivity index (χ0n) is 10.7. The highest BCUT2D eigenvalue weighted by molar-refractivity contribution is 7.99. The third-order valence-electron chi connectivity index (χ3n) is 3.96. The van der Waals surface area contributed by atoms with Gasteiger partial charge in [-0.25, -0.2) is 0 Å². The van der Waals surface area contributed by atoms with Crippen LogP contribution in [-0.4, -0.2) is 17.8 Å². The molecule has 1 nitrogen and oxygen atoms in total. The van der Waals surface area contributed by atoms with Crippen LogP contribution in [0, 0.1) is 11.3 Å². The van der Waals surface area contributed by atoms with Crippen molar-refractivity contribution in [1.29, 1.82) is 0 Å². The fraction of sp³-hybridized carbons (Fsp3) is 0.643. The van der Waals surface area contributed by atoms with Gasteiger partial charge in [0.1, 0.15) is 6.29 Å². The maximum Gasteiger partial charge on any atom is 0.133 e. The molecular weight excluding hydrogens is 216 g/mol. The Morgan fingerprint density at radius 2 is 2.38 bits per heavy atom. The van der Waals surface area contributed by atoms with Crippen molar-refractivity contribution in [2.75, 3.05) is 6.26 Å². The van der Waals surface area contributed by atoms with E-state index in [1.54, 1.807) is 11.8 Å². The molecule has 0 spiro atoms. The minimum atomic E-state index is 0.0733. The predicted octanol–water partition coefficient (Wildman–Crippen LogP) is 3.86. The van der Waals surface area contributed by atoms with E-state index in [1.807, 2.05) is 6.26 Å². The topological polar surface area (TPSA) is 17.1 Å². The van der Waals surface area contributed by atoms with Crippen LogP contribution in [0.3, 0.4) is 0 Å². The van der Waals surface area contributed by atoms with Crippen molar-refractivity contribution in [2.45, 2.75) is 38.9 Å². The summed E-state index contributed by atoms with van der Waals surface area (Å²) in [5.41, 5.74) is 2.89. The molecule has 0 saturated heterocycles. The first-order valence-corrected chi connectivity index (χ1v) is 7.05. The van der Waals surface area contributed by atoms with E-state index in [1.165, 1.54) is 11.1 Å². The van der Waals surface area contributed by atoms with E-state index in [-0.39, 0.29) is 10.7 Å². The number of thioether (sulfide) groups is 1. The van der Waals surface area contributed by atoms with Gasteiger partial charge in [0.15, 0.2) is 0 Å². The molecule has 0 radical (unpaired) electrons. The zero-order valence-corrected chi connectivity index (χ0v) is 11.6. The quantitative estimate of drug-likeness (QED) is 0.534. The number of carbonyl (C=O) groups excluding carboxylic acids is 1. The molecular formula is C14H22OS. The molecule has 2 unspecified atom stereocenters. The highest BCUT2D eigenvalue weighted by Gasteiger charge is 2.36. The Morgan fingerprint density at radius 1 is 1.75 bits per heavy atom. The second-order valence-corrected chi connectivity index (χ2v) is 6.25. The fourth-order valence-electron chi connectivity index (χ4n) is 2.39. The lowest BCUT2D eigenvalue weighted by atomic mass is 9.73. The van der Waals surface area contributed by atoms with Crippen molar-refractivity contribution < 1.29 is 4.79 Å². The van der Waals surface area contributed by atoms with Gasteiger partial charge in [-0.1, -0.05) is 37.6 Å². The summed E-state index contributed by atoms with van der Waals surface area (Å²) in [5, 5.41) is 0.0733. The number of hydrogen-bond acceptors (Lipinski definition) is 2. The summed E-state index contributed by atoms with van der Waals surface area (Å²) in [5.74, 6) is 0.502. The second kappa shape index (κ2) is 5.22. The lowest BCUT2D eigenvalue weighted by Crippen LogP contribution is -2.23. The average molecular weight is 238 g/mol. The van der Waals surface area contributed by atoms with E-state index in [0.29, 0.717) is 5.92 Å². The monoisotopic (exact) mass is 238 g/mol. The van der Waals surface area contributed by atoms with Crippen molar-refractivity contribution >= 4 is 18.0 Å². The van der Waals surface area contributed by atoms with Gasteiger partial charge in [0.25, 0.3) is 0 Å². The van der Waals surface area contributed by atoms with E-state index >= 15 is 0 Å². The number of allylic oxidation sites excluding steroid dienone is 3. The SMILES string of the molecule is C=C(CC(C=O)SC)C1CC=C(C)C1(C)C. The van der Waals surface area contributed by atoms with Gasteiger partial charge in [-0.3, -0.25) is 0 Å². The largest absolute Gasteiger partial charge is 0.302 e. The maximum absolute atomic E-state index is 10.8. The third kappa shape index (κ3) is 2.60. The molecule has 0 fully saturated rings. The Morgan fingerprint density at radius 3 is 2.75 bits per heavy atom. The van der Waals surface area contributed by atoms with Crippen molar-refractivity contribution in [3.63, 3.8) is 0 Å². The van der Waals surface area contributed by atoms with Crippen molar-refractivity contribution in [3.8, 4) is 0 Å². The number of hydrogen-bond donors (Lipinski definition) is 0. The van der Waals surface area contributed by atoms with E-state index in [9.17, 15) is 4.79 Å². The molecule has 0 amide bonds. The third-order valence-corrected chi connectivity index (χ3v) is 4.84. The molecule has 0 bridgehead atoms. The maximum atomic E-state index is 10.8. The Balaban J connectivity index is 2.67. The van der Waals surface area contributed by atoms with Crippen LogP contribution in [0.4, 0.5) is 0 Å². The lowest BCUT2D eigenvalue weighted by molar-refractivity contribution is -0.107. The number of rotatable bonds is 5. The van der Waals surface area contributed by atoms with Gasteiger partial charge in [0.05, 0.1) is 5.25 Å². The van der Waals surface area contributed by atoms with Crippen LogP contribution in [0.15, 0.2) is 23.8 Å². The van der Waals surface area contributed by atoms with Crippen LogP contribution < -0.4 is 0 Å². The molecule has 0 aromatic carbocycles. The zero-order chi connectivity index (χ0) is 12.3. The average Bonchev–Trinajstić information content (AvgIpc) is 2.50. The predicted molar refractivity (Wildman–Crippen MR) is 72.8 cm³/mol. The number of aldehydes is 1.